The van der Waals surface area contributed by atoms with Crippen LogP contribution in [0.3, 0.4) is 0 Å². The highest BCUT2D eigenvalue weighted by atomic mass is 16.3. The molecule has 0 saturated heterocycles. The number of benzene rings is 1. The number of rotatable bonds is 5. The van der Waals surface area contributed by atoms with Gasteiger partial charge in [-0.25, -0.2) is 0 Å². The Morgan fingerprint density at radius 1 is 1.05 bits per heavy atom. The van der Waals surface area contributed by atoms with Crippen molar-refractivity contribution in [3.8, 4) is 5.75 Å². The van der Waals surface area contributed by atoms with Crippen molar-refractivity contribution in [1.82, 2.24) is 5.32 Å². The SMILES string of the molecule is C=CCCNCc1cc(C(C)(C)C)c(O)c(C(C)(C)C)c1. The number of hydrogen-bond acceptors (Lipinski definition) is 2. The number of hydrogen-bond donors (Lipinski definition) is 2. The van der Waals surface area contributed by atoms with Gasteiger partial charge in [0.1, 0.15) is 5.75 Å². The summed E-state index contributed by atoms with van der Waals surface area (Å²) in [6, 6.07) is 4.26. The van der Waals surface area contributed by atoms with Crippen LogP contribution in [0.2, 0.25) is 0 Å². The van der Waals surface area contributed by atoms with Gasteiger partial charge in [0.25, 0.3) is 0 Å². The maximum Gasteiger partial charge on any atom is 0.123 e. The smallest absolute Gasteiger partial charge is 0.123 e. The molecule has 2 N–H and O–H groups in total. The van der Waals surface area contributed by atoms with Gasteiger partial charge in [-0.1, -0.05) is 59.8 Å². The summed E-state index contributed by atoms with van der Waals surface area (Å²) in [6.45, 7) is 18.3. The van der Waals surface area contributed by atoms with Gasteiger partial charge >= 0.3 is 0 Å². The Hall–Kier alpha value is -1.28. The second-order valence-electron chi connectivity index (χ2n) is 7.79. The van der Waals surface area contributed by atoms with Gasteiger partial charge in [0.15, 0.2) is 0 Å². The molecule has 0 aliphatic rings. The molecule has 118 valence electrons. The Bertz CT molecular complexity index is 454. The molecule has 0 heterocycles. The number of phenolic OH excluding ortho intramolecular Hbond substituents is 1. The maximum atomic E-state index is 10.7. The van der Waals surface area contributed by atoms with Crippen LogP contribution in [0.1, 0.15) is 64.7 Å². The van der Waals surface area contributed by atoms with E-state index >= 15 is 0 Å². The molecule has 0 saturated carbocycles. The van der Waals surface area contributed by atoms with Gasteiger partial charge in [0.05, 0.1) is 0 Å². The van der Waals surface area contributed by atoms with E-state index in [2.05, 4.69) is 65.6 Å². The van der Waals surface area contributed by atoms with Crippen LogP contribution in [-0.2, 0) is 17.4 Å². The summed E-state index contributed by atoms with van der Waals surface area (Å²) in [7, 11) is 0. The quantitative estimate of drug-likeness (QED) is 0.610. The minimum Gasteiger partial charge on any atom is -0.507 e. The molecule has 0 aliphatic heterocycles. The van der Waals surface area contributed by atoms with Crippen molar-refractivity contribution in [3.63, 3.8) is 0 Å². The molecule has 0 atom stereocenters. The van der Waals surface area contributed by atoms with Gasteiger partial charge in [-0.3, -0.25) is 0 Å². The molecule has 2 nitrogen and oxygen atoms in total. The fourth-order valence-corrected chi connectivity index (χ4v) is 2.38. The zero-order valence-corrected chi connectivity index (χ0v) is 14.5. The molecule has 2 heteroatoms. The van der Waals surface area contributed by atoms with Crippen LogP contribution >= 0.6 is 0 Å². The fraction of sp³-hybridized carbons (Fsp3) is 0.579. The topological polar surface area (TPSA) is 32.3 Å². The summed E-state index contributed by atoms with van der Waals surface area (Å²) in [4.78, 5) is 0. The van der Waals surface area contributed by atoms with Crippen molar-refractivity contribution >= 4 is 0 Å². The minimum atomic E-state index is -0.0682. The van der Waals surface area contributed by atoms with E-state index in [0.717, 1.165) is 30.6 Å². The standard InChI is InChI=1S/C19H31NO/c1-8-9-10-20-13-14-11-15(18(2,3)4)17(21)16(12-14)19(5,6)7/h8,11-12,20-21H,1,9-10,13H2,2-7H3. The van der Waals surface area contributed by atoms with Crippen molar-refractivity contribution in [2.75, 3.05) is 6.54 Å². The number of nitrogens with one attached hydrogen (secondary N) is 1. The van der Waals surface area contributed by atoms with E-state index in [1.165, 1.54) is 5.56 Å². The molecule has 0 fully saturated rings. The summed E-state index contributed by atoms with van der Waals surface area (Å²) >= 11 is 0. The van der Waals surface area contributed by atoms with E-state index in [-0.39, 0.29) is 10.8 Å². The lowest BCUT2D eigenvalue weighted by molar-refractivity contribution is 0.422. The monoisotopic (exact) mass is 289 g/mol. The minimum absolute atomic E-state index is 0.0682. The van der Waals surface area contributed by atoms with Crippen LogP contribution in [0.4, 0.5) is 0 Å². The van der Waals surface area contributed by atoms with Crippen LogP contribution < -0.4 is 5.32 Å². The zero-order valence-electron chi connectivity index (χ0n) is 14.5. The first-order chi connectivity index (χ1) is 9.57. The third kappa shape index (κ3) is 4.89. The molecular formula is C19H31NO. The molecule has 0 aromatic heterocycles. The van der Waals surface area contributed by atoms with Crippen LogP contribution in [-0.4, -0.2) is 11.7 Å². The second kappa shape index (κ2) is 6.65. The van der Waals surface area contributed by atoms with Crippen LogP contribution in [0, 0.1) is 0 Å². The first kappa shape index (κ1) is 17.8. The number of phenols is 1. The van der Waals surface area contributed by atoms with E-state index in [9.17, 15) is 5.11 Å². The highest BCUT2D eigenvalue weighted by Gasteiger charge is 2.26. The molecule has 0 radical (unpaired) electrons. The average molecular weight is 289 g/mol. The first-order valence-corrected chi connectivity index (χ1v) is 7.76. The summed E-state index contributed by atoms with van der Waals surface area (Å²) < 4.78 is 0. The highest BCUT2D eigenvalue weighted by molar-refractivity contribution is 5.49. The van der Waals surface area contributed by atoms with E-state index in [0.29, 0.717) is 5.75 Å². The summed E-state index contributed by atoms with van der Waals surface area (Å²) in [5.74, 6) is 0.449. The lowest BCUT2D eigenvalue weighted by Gasteiger charge is -2.28. The van der Waals surface area contributed by atoms with Gasteiger partial charge < -0.3 is 10.4 Å². The Balaban J connectivity index is 3.18. The fourth-order valence-electron chi connectivity index (χ4n) is 2.38. The average Bonchev–Trinajstić information content (AvgIpc) is 2.33. The lowest BCUT2D eigenvalue weighted by atomic mass is 9.78. The maximum absolute atomic E-state index is 10.7. The van der Waals surface area contributed by atoms with E-state index in [4.69, 9.17) is 0 Å². The molecule has 21 heavy (non-hydrogen) atoms. The van der Waals surface area contributed by atoms with Gasteiger partial charge in [0.2, 0.25) is 0 Å². The summed E-state index contributed by atoms with van der Waals surface area (Å²) in [5.41, 5.74) is 3.14. The molecule has 1 aromatic carbocycles. The molecule has 1 rings (SSSR count). The normalized spacial score (nSPS) is 12.5. The van der Waals surface area contributed by atoms with Crippen LogP contribution in [0.15, 0.2) is 24.8 Å². The largest absolute Gasteiger partial charge is 0.507 e. The molecule has 0 aliphatic carbocycles. The van der Waals surface area contributed by atoms with Crippen molar-refractivity contribution in [3.05, 3.63) is 41.5 Å². The molecule has 0 unspecified atom stereocenters. The predicted octanol–water partition coefficient (Wildman–Crippen LogP) is 4.65. The Kier molecular flexibility index (Phi) is 5.63. The second-order valence-corrected chi connectivity index (χ2v) is 7.79. The molecular weight excluding hydrogens is 258 g/mol. The van der Waals surface area contributed by atoms with Crippen LogP contribution in [0.5, 0.6) is 5.75 Å². The van der Waals surface area contributed by atoms with E-state index < -0.39 is 0 Å². The first-order valence-electron chi connectivity index (χ1n) is 7.76. The van der Waals surface area contributed by atoms with Crippen molar-refractivity contribution in [1.29, 1.82) is 0 Å². The Morgan fingerprint density at radius 2 is 1.52 bits per heavy atom. The predicted molar refractivity (Wildman–Crippen MR) is 92.0 cm³/mol. The number of aromatic hydroxyl groups is 1. The highest BCUT2D eigenvalue weighted by Crippen LogP contribution is 2.39. The Labute approximate surface area is 130 Å². The third-order valence-electron chi connectivity index (χ3n) is 3.64. The van der Waals surface area contributed by atoms with Gasteiger partial charge in [-0.2, -0.15) is 0 Å². The van der Waals surface area contributed by atoms with Crippen molar-refractivity contribution in [2.45, 2.75) is 65.3 Å². The molecule has 0 bridgehead atoms. The van der Waals surface area contributed by atoms with Crippen molar-refractivity contribution < 1.29 is 5.11 Å². The molecule has 1 aromatic rings. The van der Waals surface area contributed by atoms with Gasteiger partial charge in [-0.05, 0) is 40.5 Å². The summed E-state index contributed by atoms with van der Waals surface area (Å²) in [6.07, 6.45) is 2.89. The molecule has 0 spiro atoms. The zero-order chi connectivity index (χ0) is 16.3. The summed E-state index contributed by atoms with van der Waals surface area (Å²) in [5, 5.41) is 14.1. The van der Waals surface area contributed by atoms with E-state index in [1.807, 2.05) is 6.08 Å². The van der Waals surface area contributed by atoms with Crippen molar-refractivity contribution in [2.24, 2.45) is 0 Å². The van der Waals surface area contributed by atoms with Crippen LogP contribution in [0.25, 0.3) is 0 Å². The Morgan fingerprint density at radius 3 is 1.90 bits per heavy atom. The van der Waals surface area contributed by atoms with E-state index in [1.54, 1.807) is 0 Å². The third-order valence-corrected chi connectivity index (χ3v) is 3.64. The van der Waals surface area contributed by atoms with Gasteiger partial charge in [0, 0.05) is 6.54 Å². The lowest BCUT2D eigenvalue weighted by Crippen LogP contribution is -2.20. The van der Waals surface area contributed by atoms with Gasteiger partial charge in [-0.15, -0.1) is 6.58 Å². The molecule has 0 amide bonds.